The predicted molar refractivity (Wildman–Crippen MR) is 118 cm³/mol. The number of methoxy groups -OCH3 is 1. The van der Waals surface area contributed by atoms with Crippen LogP contribution in [-0.2, 0) is 11.2 Å². The summed E-state index contributed by atoms with van der Waals surface area (Å²) < 4.78 is 16.3. The zero-order valence-corrected chi connectivity index (χ0v) is 17.8. The summed E-state index contributed by atoms with van der Waals surface area (Å²) in [7, 11) is 1.32. The predicted octanol–water partition coefficient (Wildman–Crippen LogP) is 5.72. The molecule has 5 heteroatoms. The molecule has 0 amide bonds. The van der Waals surface area contributed by atoms with Gasteiger partial charge in [0.05, 0.1) is 7.11 Å². The third-order valence-corrected chi connectivity index (χ3v) is 6.10. The number of fused-ring (bicyclic) bond motifs is 2. The molecule has 0 bridgehead atoms. The van der Waals surface area contributed by atoms with Gasteiger partial charge in [-0.25, -0.2) is 9.79 Å². The number of ether oxygens (including phenoxy) is 2. The van der Waals surface area contributed by atoms with Crippen molar-refractivity contribution in [2.45, 2.75) is 39.0 Å². The smallest absolute Gasteiger partial charge is 0.374 e. The van der Waals surface area contributed by atoms with Gasteiger partial charge in [-0.1, -0.05) is 35.9 Å². The molecule has 1 unspecified atom stereocenters. The fourth-order valence-corrected chi connectivity index (χ4v) is 4.53. The molecule has 1 atom stereocenters. The van der Waals surface area contributed by atoms with E-state index in [0.717, 1.165) is 25.0 Å². The minimum absolute atomic E-state index is 0.116. The molecular weight excluding hydrogens is 390 g/mol. The van der Waals surface area contributed by atoms with E-state index in [4.69, 9.17) is 18.9 Å². The molecule has 5 nitrogen and oxygen atoms in total. The van der Waals surface area contributed by atoms with Crippen molar-refractivity contribution in [1.82, 2.24) is 0 Å². The zero-order valence-electron chi connectivity index (χ0n) is 17.8. The second-order valence-corrected chi connectivity index (χ2v) is 8.24. The highest BCUT2D eigenvalue weighted by atomic mass is 16.6. The largest absolute Gasteiger partial charge is 0.463 e. The molecule has 0 radical (unpaired) electrons. The van der Waals surface area contributed by atoms with Gasteiger partial charge in [-0.05, 0) is 67.9 Å². The standard InChI is InChI=1S/C26H25NO4/c1-16-7-9-17(10-8-16)15-18-11-12-21(30-23-14-13-22(31-23)26(28)29-2)25-24(18)19-5-3-4-6-20(19)27-25/h7-14,18H,3-6,15H2,1-2H3. The molecule has 1 aromatic carbocycles. The number of rotatable bonds is 5. The van der Waals surface area contributed by atoms with Crippen molar-refractivity contribution in [3.63, 3.8) is 0 Å². The summed E-state index contributed by atoms with van der Waals surface area (Å²) in [6, 6.07) is 11.9. The van der Waals surface area contributed by atoms with E-state index in [2.05, 4.69) is 37.3 Å². The van der Waals surface area contributed by atoms with E-state index in [1.165, 1.54) is 47.9 Å². The fraction of sp³-hybridized carbons (Fsp3) is 0.308. The summed E-state index contributed by atoms with van der Waals surface area (Å²) in [6.07, 6.45) is 9.58. The molecule has 5 rings (SSSR count). The zero-order chi connectivity index (χ0) is 21.4. The average Bonchev–Trinajstić information content (AvgIpc) is 3.41. The molecule has 1 aliphatic heterocycles. The van der Waals surface area contributed by atoms with Gasteiger partial charge in [0.2, 0.25) is 5.76 Å². The van der Waals surface area contributed by atoms with E-state index >= 15 is 0 Å². The first-order valence-electron chi connectivity index (χ1n) is 10.8. The Hall–Kier alpha value is -3.34. The Morgan fingerprint density at radius 3 is 2.74 bits per heavy atom. The maximum Gasteiger partial charge on any atom is 0.374 e. The molecule has 2 aromatic rings. The number of carbonyl (C=O) groups excluding carboxylic acids is 1. The highest BCUT2D eigenvalue weighted by Crippen LogP contribution is 2.43. The highest BCUT2D eigenvalue weighted by Gasteiger charge is 2.34. The second-order valence-electron chi connectivity index (χ2n) is 8.24. The van der Waals surface area contributed by atoms with Crippen LogP contribution in [-0.4, -0.2) is 18.8 Å². The third-order valence-electron chi connectivity index (χ3n) is 6.10. The number of nitrogens with zero attached hydrogens (tertiary/aromatic N) is 1. The van der Waals surface area contributed by atoms with Crippen LogP contribution in [0, 0.1) is 12.8 Å². The normalized spacial score (nSPS) is 19.8. The Labute approximate surface area is 181 Å². The molecular formula is C26H25NO4. The number of aryl methyl sites for hydroxylation is 1. The first kappa shape index (κ1) is 19.6. The van der Waals surface area contributed by atoms with Gasteiger partial charge >= 0.3 is 5.97 Å². The minimum Gasteiger partial charge on any atom is -0.463 e. The number of allylic oxidation sites excluding steroid dienone is 4. The summed E-state index contributed by atoms with van der Waals surface area (Å²) in [6.45, 7) is 2.11. The number of aliphatic imine (C=N–C) groups is 1. The maximum absolute atomic E-state index is 11.7. The highest BCUT2D eigenvalue weighted by molar-refractivity contribution is 6.06. The Morgan fingerprint density at radius 1 is 1.13 bits per heavy atom. The van der Waals surface area contributed by atoms with Crippen LogP contribution in [0.25, 0.3) is 0 Å². The second kappa shape index (κ2) is 8.06. The topological polar surface area (TPSA) is 61.0 Å². The summed E-state index contributed by atoms with van der Waals surface area (Å²) in [5.74, 6) is 0.769. The van der Waals surface area contributed by atoms with Gasteiger partial charge in [0.25, 0.3) is 5.95 Å². The van der Waals surface area contributed by atoms with Gasteiger partial charge in [-0.3, -0.25) is 0 Å². The van der Waals surface area contributed by atoms with E-state index in [-0.39, 0.29) is 17.6 Å². The van der Waals surface area contributed by atoms with Gasteiger partial charge in [0.15, 0.2) is 5.76 Å². The molecule has 2 heterocycles. The van der Waals surface area contributed by atoms with Gasteiger partial charge in [-0.15, -0.1) is 0 Å². The van der Waals surface area contributed by atoms with E-state index < -0.39 is 5.97 Å². The molecule has 31 heavy (non-hydrogen) atoms. The summed E-state index contributed by atoms with van der Waals surface area (Å²) in [4.78, 5) is 16.7. The molecule has 1 fully saturated rings. The van der Waals surface area contributed by atoms with Crippen molar-refractivity contribution >= 4 is 11.7 Å². The van der Waals surface area contributed by atoms with Crippen molar-refractivity contribution in [1.29, 1.82) is 0 Å². The third kappa shape index (κ3) is 3.76. The molecule has 3 aliphatic rings. The maximum atomic E-state index is 11.7. The average molecular weight is 415 g/mol. The SMILES string of the molecule is COC(=O)c1ccc(OC2=C3N=C4CCCCC4=C3C(Cc3ccc(C)cc3)C=C2)o1. The molecule has 0 spiro atoms. The van der Waals surface area contributed by atoms with Gasteiger partial charge in [-0.2, -0.15) is 0 Å². The van der Waals surface area contributed by atoms with E-state index in [1.807, 2.05) is 6.08 Å². The lowest BCUT2D eigenvalue weighted by Crippen LogP contribution is -2.15. The summed E-state index contributed by atoms with van der Waals surface area (Å²) in [5, 5.41) is 0. The van der Waals surface area contributed by atoms with Gasteiger partial charge in [0.1, 0.15) is 5.70 Å². The monoisotopic (exact) mass is 415 g/mol. The van der Waals surface area contributed by atoms with Crippen LogP contribution in [0.2, 0.25) is 0 Å². The van der Waals surface area contributed by atoms with E-state index in [1.54, 1.807) is 12.1 Å². The van der Waals surface area contributed by atoms with Crippen LogP contribution in [0.4, 0.5) is 0 Å². The van der Waals surface area contributed by atoms with Crippen LogP contribution in [0.3, 0.4) is 0 Å². The summed E-state index contributed by atoms with van der Waals surface area (Å²) in [5.41, 5.74) is 7.36. The molecule has 1 saturated carbocycles. The van der Waals surface area contributed by atoms with Crippen molar-refractivity contribution in [3.8, 4) is 5.95 Å². The van der Waals surface area contributed by atoms with Gasteiger partial charge in [0, 0.05) is 17.7 Å². The summed E-state index contributed by atoms with van der Waals surface area (Å²) >= 11 is 0. The molecule has 0 N–H and O–H groups in total. The van der Waals surface area contributed by atoms with E-state index in [9.17, 15) is 4.79 Å². The number of furan rings is 1. The number of esters is 1. The van der Waals surface area contributed by atoms with Crippen molar-refractivity contribution in [2.24, 2.45) is 10.9 Å². The number of carbonyl (C=O) groups is 1. The number of hydrogen-bond acceptors (Lipinski definition) is 5. The Morgan fingerprint density at radius 2 is 1.94 bits per heavy atom. The van der Waals surface area contributed by atoms with Crippen molar-refractivity contribution in [3.05, 3.63) is 88.0 Å². The van der Waals surface area contributed by atoms with Crippen LogP contribution >= 0.6 is 0 Å². The first-order valence-corrected chi connectivity index (χ1v) is 10.8. The Bertz CT molecular complexity index is 1140. The fourth-order valence-electron chi connectivity index (χ4n) is 4.53. The molecule has 1 aromatic heterocycles. The number of benzene rings is 1. The Kier molecular flexibility index (Phi) is 5.10. The number of hydrogen-bond donors (Lipinski definition) is 0. The van der Waals surface area contributed by atoms with E-state index in [0.29, 0.717) is 5.76 Å². The lowest BCUT2D eigenvalue weighted by atomic mass is 9.80. The van der Waals surface area contributed by atoms with Gasteiger partial charge < -0.3 is 13.9 Å². The lowest BCUT2D eigenvalue weighted by Gasteiger charge is -2.24. The van der Waals surface area contributed by atoms with Crippen LogP contribution < -0.4 is 4.74 Å². The van der Waals surface area contributed by atoms with Crippen LogP contribution in [0.1, 0.15) is 47.4 Å². The molecule has 158 valence electrons. The van der Waals surface area contributed by atoms with Crippen molar-refractivity contribution in [2.75, 3.05) is 7.11 Å². The first-order chi connectivity index (χ1) is 15.1. The quantitative estimate of drug-likeness (QED) is 0.586. The lowest BCUT2D eigenvalue weighted by molar-refractivity contribution is 0.0559. The minimum atomic E-state index is -0.528. The van der Waals surface area contributed by atoms with Crippen LogP contribution in [0.5, 0.6) is 5.95 Å². The van der Waals surface area contributed by atoms with Crippen molar-refractivity contribution < 1.29 is 18.7 Å². The molecule has 0 saturated heterocycles. The Balaban J connectivity index is 1.47. The van der Waals surface area contributed by atoms with Crippen LogP contribution in [0.15, 0.2) is 80.6 Å². The molecule has 2 aliphatic carbocycles.